The van der Waals surface area contributed by atoms with Crippen LogP contribution in [0.25, 0.3) is 0 Å². The third-order valence-corrected chi connectivity index (χ3v) is 2.17. The first-order chi connectivity index (χ1) is 6.65. The number of carbonyl (C=O) groups excluding carboxylic acids is 2. The topological polar surface area (TPSA) is 58.6 Å². The molecule has 0 aromatic carbocycles. The number of hydrogen-bond donors (Lipinski definition) is 1. The van der Waals surface area contributed by atoms with Crippen molar-refractivity contribution in [2.24, 2.45) is 0 Å². The van der Waals surface area contributed by atoms with Crippen LogP contribution in [0.5, 0.6) is 0 Å². The zero-order chi connectivity index (χ0) is 10.6. The van der Waals surface area contributed by atoms with E-state index in [2.05, 4.69) is 5.32 Å². The molecular formula is C9H16N2O3. The smallest absolute Gasteiger partial charge is 0.245 e. The molecule has 1 rings (SSSR count). The highest BCUT2D eigenvalue weighted by Gasteiger charge is 2.28. The van der Waals surface area contributed by atoms with Crippen molar-refractivity contribution in [3.8, 4) is 0 Å². The molecule has 80 valence electrons. The average molecular weight is 200 g/mol. The molecule has 0 aromatic heterocycles. The summed E-state index contributed by atoms with van der Waals surface area (Å²) in [6, 6.07) is -0.390. The Labute approximate surface area is 83.4 Å². The highest BCUT2D eigenvalue weighted by atomic mass is 16.5. The van der Waals surface area contributed by atoms with Gasteiger partial charge in [-0.15, -0.1) is 0 Å². The van der Waals surface area contributed by atoms with Crippen LogP contribution in [-0.4, -0.2) is 49.6 Å². The molecule has 1 heterocycles. The third kappa shape index (κ3) is 2.70. The largest absolute Gasteiger partial charge is 0.385 e. The van der Waals surface area contributed by atoms with Gasteiger partial charge in [-0.2, -0.15) is 0 Å². The number of piperazine rings is 1. The maximum Gasteiger partial charge on any atom is 0.245 e. The maximum absolute atomic E-state index is 11.5. The van der Waals surface area contributed by atoms with Gasteiger partial charge in [-0.1, -0.05) is 0 Å². The summed E-state index contributed by atoms with van der Waals surface area (Å²) in [6.07, 6.45) is 0.766. The molecule has 0 bridgehead atoms. The second-order valence-corrected chi connectivity index (χ2v) is 3.40. The molecule has 14 heavy (non-hydrogen) atoms. The Morgan fingerprint density at radius 2 is 2.29 bits per heavy atom. The van der Waals surface area contributed by atoms with E-state index in [1.807, 2.05) is 0 Å². The molecule has 1 fully saturated rings. The Bertz CT molecular complexity index is 230. The summed E-state index contributed by atoms with van der Waals surface area (Å²) in [4.78, 5) is 24.2. The summed E-state index contributed by atoms with van der Waals surface area (Å²) in [5.41, 5.74) is 0. The highest BCUT2D eigenvalue weighted by Crippen LogP contribution is 2.02. The van der Waals surface area contributed by atoms with Gasteiger partial charge in [-0.05, 0) is 13.3 Å². The van der Waals surface area contributed by atoms with Crippen LogP contribution >= 0.6 is 0 Å². The van der Waals surface area contributed by atoms with Crippen LogP contribution < -0.4 is 5.32 Å². The fourth-order valence-corrected chi connectivity index (χ4v) is 1.46. The monoisotopic (exact) mass is 200 g/mol. The molecule has 1 saturated heterocycles. The normalized spacial score (nSPS) is 22.4. The second-order valence-electron chi connectivity index (χ2n) is 3.40. The lowest BCUT2D eigenvalue weighted by Crippen LogP contribution is -2.56. The van der Waals surface area contributed by atoms with E-state index in [0.29, 0.717) is 13.2 Å². The SMILES string of the molecule is COCCCN1CC(=O)NC(C)C1=O. The predicted octanol–water partition coefficient (Wildman–Crippen LogP) is -0.630. The van der Waals surface area contributed by atoms with E-state index in [1.54, 1.807) is 18.9 Å². The van der Waals surface area contributed by atoms with Crippen LogP contribution in [0.4, 0.5) is 0 Å². The van der Waals surface area contributed by atoms with Crippen LogP contribution in [0.1, 0.15) is 13.3 Å². The van der Waals surface area contributed by atoms with Crippen LogP contribution in [0, 0.1) is 0 Å². The van der Waals surface area contributed by atoms with Crippen molar-refractivity contribution in [3.63, 3.8) is 0 Å². The molecule has 2 amide bonds. The zero-order valence-corrected chi connectivity index (χ0v) is 8.58. The van der Waals surface area contributed by atoms with E-state index in [-0.39, 0.29) is 18.4 Å². The predicted molar refractivity (Wildman–Crippen MR) is 50.7 cm³/mol. The Morgan fingerprint density at radius 3 is 2.93 bits per heavy atom. The summed E-state index contributed by atoms with van der Waals surface area (Å²) in [7, 11) is 1.62. The number of ether oxygens (including phenoxy) is 1. The molecule has 1 aliphatic heterocycles. The van der Waals surface area contributed by atoms with Crippen molar-refractivity contribution in [3.05, 3.63) is 0 Å². The molecule has 0 aliphatic carbocycles. The molecule has 1 atom stereocenters. The fraction of sp³-hybridized carbons (Fsp3) is 0.778. The molecule has 1 unspecified atom stereocenters. The van der Waals surface area contributed by atoms with E-state index in [1.165, 1.54) is 0 Å². The molecular weight excluding hydrogens is 184 g/mol. The van der Waals surface area contributed by atoms with Crippen molar-refractivity contribution >= 4 is 11.8 Å². The van der Waals surface area contributed by atoms with Gasteiger partial charge in [0.2, 0.25) is 11.8 Å². The minimum atomic E-state index is -0.390. The van der Waals surface area contributed by atoms with Crippen LogP contribution in [0.3, 0.4) is 0 Å². The number of nitrogens with one attached hydrogen (secondary N) is 1. The number of nitrogens with zero attached hydrogens (tertiary/aromatic N) is 1. The van der Waals surface area contributed by atoms with E-state index in [4.69, 9.17) is 4.74 Å². The second kappa shape index (κ2) is 4.95. The fourth-order valence-electron chi connectivity index (χ4n) is 1.46. The number of carbonyl (C=O) groups is 2. The van der Waals surface area contributed by atoms with Gasteiger partial charge >= 0.3 is 0 Å². The van der Waals surface area contributed by atoms with Crippen molar-refractivity contribution < 1.29 is 14.3 Å². The lowest BCUT2D eigenvalue weighted by Gasteiger charge is -2.30. The average Bonchev–Trinajstić information content (AvgIpc) is 2.13. The molecule has 0 saturated carbocycles. The Morgan fingerprint density at radius 1 is 1.57 bits per heavy atom. The van der Waals surface area contributed by atoms with E-state index >= 15 is 0 Å². The van der Waals surface area contributed by atoms with Gasteiger partial charge in [0, 0.05) is 20.3 Å². The van der Waals surface area contributed by atoms with Crippen molar-refractivity contribution in [1.29, 1.82) is 0 Å². The summed E-state index contributed by atoms with van der Waals surface area (Å²) < 4.78 is 4.88. The van der Waals surface area contributed by atoms with Gasteiger partial charge in [-0.3, -0.25) is 9.59 Å². The number of rotatable bonds is 4. The van der Waals surface area contributed by atoms with Gasteiger partial charge in [0.05, 0.1) is 6.54 Å². The molecule has 1 N–H and O–H groups in total. The van der Waals surface area contributed by atoms with Gasteiger partial charge in [0.15, 0.2) is 0 Å². The number of amides is 2. The maximum atomic E-state index is 11.5. The summed E-state index contributed by atoms with van der Waals surface area (Å²) in [5, 5.41) is 2.59. The van der Waals surface area contributed by atoms with Crippen LogP contribution in [-0.2, 0) is 14.3 Å². The highest BCUT2D eigenvalue weighted by molar-refractivity contribution is 5.94. The van der Waals surface area contributed by atoms with Crippen LogP contribution in [0.2, 0.25) is 0 Å². The summed E-state index contributed by atoms with van der Waals surface area (Å²) in [5.74, 6) is -0.102. The lowest BCUT2D eigenvalue weighted by molar-refractivity contribution is -0.143. The first-order valence-corrected chi connectivity index (χ1v) is 4.72. The minimum absolute atomic E-state index is 0.0132. The lowest BCUT2D eigenvalue weighted by atomic mass is 10.2. The number of hydrogen-bond acceptors (Lipinski definition) is 3. The third-order valence-electron chi connectivity index (χ3n) is 2.17. The minimum Gasteiger partial charge on any atom is -0.385 e. The van der Waals surface area contributed by atoms with Crippen molar-refractivity contribution in [1.82, 2.24) is 10.2 Å². The quantitative estimate of drug-likeness (QED) is 0.615. The van der Waals surface area contributed by atoms with E-state index < -0.39 is 6.04 Å². The number of methoxy groups -OCH3 is 1. The molecule has 5 nitrogen and oxygen atoms in total. The molecule has 5 heteroatoms. The molecule has 1 aliphatic rings. The first kappa shape index (κ1) is 11.0. The van der Waals surface area contributed by atoms with Gasteiger partial charge in [0.1, 0.15) is 6.04 Å². The molecule has 0 radical (unpaired) electrons. The van der Waals surface area contributed by atoms with Gasteiger partial charge in [0.25, 0.3) is 0 Å². The van der Waals surface area contributed by atoms with Crippen molar-refractivity contribution in [2.45, 2.75) is 19.4 Å². The zero-order valence-electron chi connectivity index (χ0n) is 8.58. The first-order valence-electron chi connectivity index (χ1n) is 4.72. The standard InChI is InChI=1S/C9H16N2O3/c1-7-9(13)11(4-3-5-14-2)6-8(12)10-7/h7H,3-6H2,1-2H3,(H,10,12). The molecule has 0 spiro atoms. The van der Waals surface area contributed by atoms with E-state index in [0.717, 1.165) is 6.42 Å². The van der Waals surface area contributed by atoms with Gasteiger partial charge in [-0.25, -0.2) is 0 Å². The van der Waals surface area contributed by atoms with Gasteiger partial charge < -0.3 is 15.0 Å². The van der Waals surface area contributed by atoms with Crippen LogP contribution in [0.15, 0.2) is 0 Å². The summed E-state index contributed by atoms with van der Waals surface area (Å²) >= 11 is 0. The molecule has 0 aromatic rings. The Hall–Kier alpha value is -1.10. The Balaban J connectivity index is 2.41. The van der Waals surface area contributed by atoms with Crippen molar-refractivity contribution in [2.75, 3.05) is 26.8 Å². The van der Waals surface area contributed by atoms with E-state index in [9.17, 15) is 9.59 Å². The Kier molecular flexibility index (Phi) is 3.88. The summed E-state index contributed by atoms with van der Waals surface area (Å²) in [6.45, 7) is 3.07.